The van der Waals surface area contributed by atoms with Crippen LogP contribution >= 0.6 is 15.9 Å². The van der Waals surface area contributed by atoms with E-state index in [0.717, 1.165) is 22.3 Å². The van der Waals surface area contributed by atoms with Crippen molar-refractivity contribution in [1.29, 1.82) is 0 Å². The first-order valence-electron chi connectivity index (χ1n) is 6.48. The Labute approximate surface area is 127 Å². The second kappa shape index (κ2) is 6.99. The van der Waals surface area contributed by atoms with E-state index in [0.29, 0.717) is 0 Å². The topological polar surface area (TPSA) is 65.1 Å². The number of benzene rings is 1. The summed E-state index contributed by atoms with van der Waals surface area (Å²) in [4.78, 5) is 0. The van der Waals surface area contributed by atoms with Gasteiger partial charge in [0.15, 0.2) is 0 Å². The molecule has 5 nitrogen and oxygen atoms in total. The molecule has 20 heavy (non-hydrogen) atoms. The maximum Gasteiger partial charge on any atom is 0.104 e. The van der Waals surface area contributed by atoms with Gasteiger partial charge in [-0.3, -0.25) is 10.5 Å². The zero-order chi connectivity index (χ0) is 14.5. The highest BCUT2D eigenvalue weighted by atomic mass is 79.9. The van der Waals surface area contributed by atoms with Gasteiger partial charge in [0.1, 0.15) is 6.10 Å². The van der Waals surface area contributed by atoms with Gasteiger partial charge < -0.3 is 4.74 Å². The lowest BCUT2D eigenvalue weighted by Crippen LogP contribution is -2.35. The molecule has 1 aromatic carbocycles. The van der Waals surface area contributed by atoms with Gasteiger partial charge in [-0.1, -0.05) is 30.3 Å². The molecular weight excluding hydrogens is 320 g/mol. The summed E-state index contributed by atoms with van der Waals surface area (Å²) < 4.78 is 8.49. The van der Waals surface area contributed by atoms with Gasteiger partial charge in [-0.2, -0.15) is 5.10 Å². The van der Waals surface area contributed by atoms with Crippen molar-refractivity contribution < 1.29 is 4.74 Å². The second-order valence-corrected chi connectivity index (χ2v) is 5.26. The Morgan fingerprint density at radius 1 is 1.40 bits per heavy atom. The SMILES string of the molecule is CCn1ncc(Br)c1C(NN)C(OC)c1ccccc1. The number of halogens is 1. The van der Waals surface area contributed by atoms with Gasteiger partial charge >= 0.3 is 0 Å². The lowest BCUT2D eigenvalue weighted by atomic mass is 10.00. The van der Waals surface area contributed by atoms with Crippen LogP contribution in [0.3, 0.4) is 0 Å². The summed E-state index contributed by atoms with van der Waals surface area (Å²) in [6, 6.07) is 9.81. The van der Waals surface area contributed by atoms with Crippen LogP contribution < -0.4 is 11.3 Å². The predicted molar refractivity (Wildman–Crippen MR) is 81.9 cm³/mol. The molecule has 0 bridgehead atoms. The fourth-order valence-electron chi connectivity index (χ4n) is 2.35. The Hall–Kier alpha value is -1.21. The maximum absolute atomic E-state index is 5.78. The maximum atomic E-state index is 5.78. The third-order valence-electron chi connectivity index (χ3n) is 3.29. The number of aromatic nitrogens is 2. The highest BCUT2D eigenvalue weighted by Gasteiger charge is 2.28. The lowest BCUT2D eigenvalue weighted by Gasteiger charge is -2.26. The molecule has 0 aliphatic carbocycles. The van der Waals surface area contributed by atoms with Gasteiger partial charge in [-0.25, -0.2) is 5.43 Å². The fraction of sp³-hybridized carbons (Fsp3) is 0.357. The molecule has 2 atom stereocenters. The van der Waals surface area contributed by atoms with E-state index in [9.17, 15) is 0 Å². The summed E-state index contributed by atoms with van der Waals surface area (Å²) in [5.41, 5.74) is 4.89. The fourth-order valence-corrected chi connectivity index (χ4v) is 2.89. The molecule has 0 spiro atoms. The zero-order valence-electron chi connectivity index (χ0n) is 11.6. The van der Waals surface area contributed by atoms with Gasteiger partial charge in [-0.15, -0.1) is 0 Å². The quantitative estimate of drug-likeness (QED) is 0.627. The summed E-state index contributed by atoms with van der Waals surface area (Å²) in [7, 11) is 1.68. The van der Waals surface area contributed by atoms with Crippen molar-refractivity contribution >= 4 is 15.9 Å². The number of rotatable bonds is 6. The smallest absolute Gasteiger partial charge is 0.104 e. The summed E-state index contributed by atoms with van der Waals surface area (Å²) in [5, 5.41) is 4.33. The standard InChI is InChI=1S/C14H19BrN4O/c1-3-19-13(11(15)9-17-19)12(18-16)14(20-2)10-7-5-4-6-8-10/h4-9,12,14,18H,3,16H2,1-2H3. The average molecular weight is 339 g/mol. The number of methoxy groups -OCH3 is 1. The molecule has 0 amide bonds. The minimum Gasteiger partial charge on any atom is -0.375 e. The summed E-state index contributed by atoms with van der Waals surface area (Å²) >= 11 is 3.53. The van der Waals surface area contributed by atoms with Crippen LogP contribution in [-0.4, -0.2) is 16.9 Å². The number of nitrogens with zero attached hydrogens (tertiary/aromatic N) is 2. The molecule has 1 aromatic heterocycles. The van der Waals surface area contributed by atoms with E-state index in [4.69, 9.17) is 10.6 Å². The Balaban J connectivity index is 2.42. The third kappa shape index (κ3) is 2.93. The number of ether oxygens (including phenoxy) is 1. The molecule has 0 aliphatic rings. The normalized spacial score (nSPS) is 14.2. The Bertz CT molecular complexity index is 543. The average Bonchev–Trinajstić information content (AvgIpc) is 2.86. The van der Waals surface area contributed by atoms with E-state index < -0.39 is 0 Å². The van der Waals surface area contributed by atoms with Crippen LogP contribution in [0.15, 0.2) is 41.0 Å². The first kappa shape index (κ1) is 15.2. The van der Waals surface area contributed by atoms with E-state index in [-0.39, 0.29) is 12.1 Å². The third-order valence-corrected chi connectivity index (χ3v) is 3.90. The van der Waals surface area contributed by atoms with Gasteiger partial charge in [0.25, 0.3) is 0 Å². The highest BCUT2D eigenvalue weighted by molar-refractivity contribution is 9.10. The van der Waals surface area contributed by atoms with Crippen molar-refractivity contribution in [2.24, 2.45) is 5.84 Å². The van der Waals surface area contributed by atoms with Crippen LogP contribution in [0.25, 0.3) is 0 Å². The Morgan fingerprint density at radius 3 is 2.65 bits per heavy atom. The van der Waals surface area contributed by atoms with E-state index in [1.54, 1.807) is 13.3 Å². The number of hydrogen-bond acceptors (Lipinski definition) is 4. The molecule has 3 N–H and O–H groups in total. The van der Waals surface area contributed by atoms with E-state index in [2.05, 4.69) is 26.5 Å². The zero-order valence-corrected chi connectivity index (χ0v) is 13.2. The number of nitrogens with two attached hydrogens (primary N) is 1. The first-order chi connectivity index (χ1) is 9.72. The first-order valence-corrected chi connectivity index (χ1v) is 7.27. The minimum atomic E-state index is -0.195. The van der Waals surface area contributed by atoms with Crippen LogP contribution in [-0.2, 0) is 11.3 Å². The lowest BCUT2D eigenvalue weighted by molar-refractivity contribution is 0.0644. The number of hydrogen-bond donors (Lipinski definition) is 2. The molecule has 2 rings (SSSR count). The van der Waals surface area contributed by atoms with Gasteiger partial charge in [0.05, 0.1) is 22.4 Å². The molecule has 0 fully saturated rings. The number of hydrazine groups is 1. The Kier molecular flexibility index (Phi) is 5.31. The molecule has 6 heteroatoms. The van der Waals surface area contributed by atoms with E-state index >= 15 is 0 Å². The summed E-state index contributed by atoms with van der Waals surface area (Å²) in [6.45, 7) is 2.81. The number of nitrogens with one attached hydrogen (secondary N) is 1. The Morgan fingerprint density at radius 2 is 2.10 bits per heavy atom. The minimum absolute atomic E-state index is 0.195. The largest absolute Gasteiger partial charge is 0.375 e. The van der Waals surface area contributed by atoms with Crippen LogP contribution in [0.2, 0.25) is 0 Å². The van der Waals surface area contributed by atoms with Gasteiger partial charge in [0, 0.05) is 13.7 Å². The highest BCUT2D eigenvalue weighted by Crippen LogP contribution is 2.34. The number of aryl methyl sites for hydroxylation is 1. The van der Waals surface area contributed by atoms with Crippen LogP contribution in [0.4, 0.5) is 0 Å². The monoisotopic (exact) mass is 338 g/mol. The molecule has 108 valence electrons. The van der Waals surface area contributed by atoms with Crippen molar-refractivity contribution in [3.8, 4) is 0 Å². The molecule has 1 heterocycles. The van der Waals surface area contributed by atoms with Crippen LogP contribution in [0.5, 0.6) is 0 Å². The molecule has 2 unspecified atom stereocenters. The van der Waals surface area contributed by atoms with Crippen molar-refractivity contribution in [2.45, 2.75) is 25.6 Å². The van der Waals surface area contributed by atoms with Crippen molar-refractivity contribution in [3.05, 3.63) is 52.3 Å². The van der Waals surface area contributed by atoms with E-state index in [1.165, 1.54) is 0 Å². The summed E-state index contributed by atoms with van der Waals surface area (Å²) in [5.74, 6) is 5.78. The molecule has 0 radical (unpaired) electrons. The van der Waals surface area contributed by atoms with Crippen molar-refractivity contribution in [1.82, 2.24) is 15.2 Å². The van der Waals surface area contributed by atoms with Crippen LogP contribution in [0, 0.1) is 0 Å². The predicted octanol–water partition coefficient (Wildman–Crippen LogP) is 2.56. The van der Waals surface area contributed by atoms with Gasteiger partial charge in [0.2, 0.25) is 0 Å². The van der Waals surface area contributed by atoms with Gasteiger partial charge in [-0.05, 0) is 28.4 Å². The van der Waals surface area contributed by atoms with E-state index in [1.807, 2.05) is 41.9 Å². The second-order valence-electron chi connectivity index (χ2n) is 4.40. The molecular formula is C14H19BrN4O. The summed E-state index contributed by atoms with van der Waals surface area (Å²) in [6.07, 6.45) is 1.58. The van der Waals surface area contributed by atoms with Crippen molar-refractivity contribution in [2.75, 3.05) is 7.11 Å². The molecule has 0 saturated carbocycles. The molecule has 0 saturated heterocycles. The van der Waals surface area contributed by atoms with Crippen molar-refractivity contribution in [3.63, 3.8) is 0 Å². The molecule has 0 aliphatic heterocycles. The van der Waals surface area contributed by atoms with Crippen LogP contribution in [0.1, 0.15) is 30.3 Å². The molecule has 2 aromatic rings.